The topological polar surface area (TPSA) is 84.0 Å². The maximum atomic E-state index is 10.3. The van der Waals surface area contributed by atoms with E-state index in [1.54, 1.807) is 0 Å². The minimum Gasteiger partial charge on any atom is -0.492 e. The van der Waals surface area contributed by atoms with Gasteiger partial charge in [0.2, 0.25) is 5.88 Å². The maximum absolute atomic E-state index is 10.3. The average molecular weight is 115 g/mol. The lowest BCUT2D eigenvalue weighted by Gasteiger charge is -1.85. The molecular formula is C3H5N3O2. The number of nitrogens with one attached hydrogen (secondary N) is 1. The van der Waals surface area contributed by atoms with E-state index in [1.807, 2.05) is 0 Å². The van der Waals surface area contributed by atoms with Crippen molar-refractivity contribution in [1.82, 2.24) is 9.66 Å². The molecule has 0 saturated carbocycles. The monoisotopic (exact) mass is 115 g/mol. The molecular weight excluding hydrogens is 110 g/mol. The summed E-state index contributed by atoms with van der Waals surface area (Å²) in [6.07, 6.45) is 1.11. The molecule has 0 aliphatic carbocycles. The Bertz CT molecular complexity index is 235. The Balaban J connectivity index is 3.41. The molecule has 0 unspecified atom stereocenters. The zero-order chi connectivity index (χ0) is 6.15. The molecule has 0 bridgehead atoms. The first kappa shape index (κ1) is 4.76. The fourth-order valence-electron chi connectivity index (χ4n) is 0.369. The van der Waals surface area contributed by atoms with E-state index in [9.17, 15) is 4.79 Å². The SMILES string of the molecule is Nn1c(O)c[nH]c1=O. The molecule has 44 valence electrons. The molecule has 1 rings (SSSR count). The molecule has 0 spiro atoms. The van der Waals surface area contributed by atoms with Crippen LogP contribution in [0.15, 0.2) is 11.0 Å². The van der Waals surface area contributed by atoms with Gasteiger partial charge in [-0.05, 0) is 0 Å². The van der Waals surface area contributed by atoms with E-state index in [-0.39, 0.29) is 5.88 Å². The van der Waals surface area contributed by atoms with Crippen LogP contribution in [0.25, 0.3) is 0 Å². The molecule has 0 saturated heterocycles. The second-order valence-electron chi connectivity index (χ2n) is 1.32. The summed E-state index contributed by atoms with van der Waals surface area (Å²) in [5.41, 5.74) is -0.525. The summed E-state index contributed by atoms with van der Waals surface area (Å²) in [5, 5.41) is 8.55. The molecule has 0 atom stereocenters. The van der Waals surface area contributed by atoms with E-state index in [2.05, 4.69) is 4.98 Å². The van der Waals surface area contributed by atoms with Crippen molar-refractivity contribution in [3.8, 4) is 5.88 Å². The van der Waals surface area contributed by atoms with Crippen LogP contribution in [0.4, 0.5) is 0 Å². The number of imidazole rings is 1. The molecule has 0 aromatic carbocycles. The van der Waals surface area contributed by atoms with Crippen LogP contribution in [-0.2, 0) is 0 Å². The molecule has 0 aliphatic heterocycles. The number of nitrogen functional groups attached to an aromatic ring is 1. The zero-order valence-electron chi connectivity index (χ0n) is 3.96. The van der Waals surface area contributed by atoms with Crippen molar-refractivity contribution < 1.29 is 5.11 Å². The summed E-state index contributed by atoms with van der Waals surface area (Å²) in [6, 6.07) is 0. The molecule has 1 aromatic heterocycles. The third-order valence-electron chi connectivity index (χ3n) is 0.790. The largest absolute Gasteiger partial charge is 0.492 e. The molecule has 0 aliphatic rings. The fraction of sp³-hybridized carbons (Fsp3) is 0. The molecule has 5 nitrogen and oxygen atoms in total. The number of rotatable bonds is 0. The molecule has 0 fully saturated rings. The number of aromatic amines is 1. The number of aromatic nitrogens is 2. The van der Waals surface area contributed by atoms with Crippen LogP contribution >= 0.6 is 0 Å². The van der Waals surface area contributed by atoms with Gasteiger partial charge in [0.1, 0.15) is 0 Å². The molecule has 0 amide bonds. The Labute approximate surface area is 44.3 Å². The third kappa shape index (κ3) is 0.446. The summed E-state index contributed by atoms with van der Waals surface area (Å²) >= 11 is 0. The highest BCUT2D eigenvalue weighted by Crippen LogP contribution is 1.94. The van der Waals surface area contributed by atoms with Crippen molar-refractivity contribution in [3.63, 3.8) is 0 Å². The Morgan fingerprint density at radius 1 is 1.88 bits per heavy atom. The normalized spacial score (nSPS) is 9.50. The predicted molar refractivity (Wildman–Crippen MR) is 26.9 cm³/mol. The Morgan fingerprint density at radius 2 is 2.50 bits per heavy atom. The number of nitrogens with zero attached hydrogens (tertiary/aromatic N) is 1. The predicted octanol–water partition coefficient (Wildman–Crippen LogP) is -1.40. The number of hydrogen-bond donors (Lipinski definition) is 3. The van der Waals surface area contributed by atoms with Gasteiger partial charge in [0, 0.05) is 0 Å². The Hall–Kier alpha value is -1.39. The van der Waals surface area contributed by atoms with Crippen molar-refractivity contribution in [3.05, 3.63) is 16.7 Å². The van der Waals surface area contributed by atoms with Gasteiger partial charge in [-0.3, -0.25) is 0 Å². The van der Waals surface area contributed by atoms with E-state index >= 15 is 0 Å². The van der Waals surface area contributed by atoms with Crippen LogP contribution in [0.1, 0.15) is 0 Å². The Kier molecular flexibility index (Phi) is 0.768. The standard InChI is InChI=1S/C3H5N3O2/c4-6-2(7)1-5-3(6)8/h1,7H,4H2,(H,5,8). The molecule has 4 N–H and O–H groups in total. The average Bonchev–Trinajstić information content (AvgIpc) is 1.98. The van der Waals surface area contributed by atoms with Gasteiger partial charge in [-0.1, -0.05) is 0 Å². The van der Waals surface area contributed by atoms with Crippen LogP contribution in [0.3, 0.4) is 0 Å². The van der Waals surface area contributed by atoms with Crippen molar-refractivity contribution >= 4 is 0 Å². The van der Waals surface area contributed by atoms with Crippen molar-refractivity contribution in [1.29, 1.82) is 0 Å². The first-order valence-corrected chi connectivity index (χ1v) is 1.96. The van der Waals surface area contributed by atoms with Gasteiger partial charge in [0.25, 0.3) is 0 Å². The second kappa shape index (κ2) is 1.29. The highest BCUT2D eigenvalue weighted by Gasteiger charge is 1.95. The zero-order valence-corrected chi connectivity index (χ0v) is 3.96. The number of aromatic hydroxyl groups is 1. The molecule has 1 aromatic rings. The lowest BCUT2D eigenvalue weighted by atomic mass is 10.9. The molecule has 8 heavy (non-hydrogen) atoms. The lowest BCUT2D eigenvalue weighted by Crippen LogP contribution is -2.23. The maximum Gasteiger partial charge on any atom is 0.347 e. The smallest absolute Gasteiger partial charge is 0.347 e. The third-order valence-corrected chi connectivity index (χ3v) is 0.790. The number of nitrogens with two attached hydrogens (primary N) is 1. The highest BCUT2D eigenvalue weighted by atomic mass is 16.3. The molecule has 0 radical (unpaired) electrons. The van der Waals surface area contributed by atoms with E-state index in [0.717, 1.165) is 6.20 Å². The Morgan fingerprint density at radius 3 is 2.62 bits per heavy atom. The van der Waals surface area contributed by atoms with Crippen molar-refractivity contribution in [2.24, 2.45) is 0 Å². The fourth-order valence-corrected chi connectivity index (χ4v) is 0.369. The van der Waals surface area contributed by atoms with Gasteiger partial charge >= 0.3 is 5.69 Å². The van der Waals surface area contributed by atoms with Crippen molar-refractivity contribution in [2.75, 3.05) is 5.84 Å². The minimum absolute atomic E-state index is 0.269. The number of hydrogen-bond acceptors (Lipinski definition) is 3. The summed E-state index contributed by atoms with van der Waals surface area (Å²) in [4.78, 5) is 12.4. The summed E-state index contributed by atoms with van der Waals surface area (Å²) in [5.74, 6) is 4.66. The van der Waals surface area contributed by atoms with Crippen LogP contribution in [-0.4, -0.2) is 14.8 Å². The van der Waals surface area contributed by atoms with E-state index < -0.39 is 5.69 Å². The van der Waals surface area contributed by atoms with Crippen LogP contribution in [0.5, 0.6) is 5.88 Å². The van der Waals surface area contributed by atoms with Gasteiger partial charge in [-0.2, -0.15) is 4.68 Å². The van der Waals surface area contributed by atoms with Crippen molar-refractivity contribution in [2.45, 2.75) is 0 Å². The van der Waals surface area contributed by atoms with Gasteiger partial charge in [0.15, 0.2) is 0 Å². The van der Waals surface area contributed by atoms with Crippen LogP contribution < -0.4 is 11.5 Å². The first-order valence-electron chi connectivity index (χ1n) is 1.96. The minimum atomic E-state index is -0.525. The molecule has 1 heterocycles. The summed E-state index contributed by atoms with van der Waals surface area (Å²) in [6.45, 7) is 0. The lowest BCUT2D eigenvalue weighted by molar-refractivity contribution is 0.436. The van der Waals surface area contributed by atoms with Gasteiger partial charge < -0.3 is 15.9 Å². The highest BCUT2D eigenvalue weighted by molar-refractivity contribution is 5.01. The molecule has 5 heteroatoms. The van der Waals surface area contributed by atoms with E-state index in [0.29, 0.717) is 4.68 Å². The van der Waals surface area contributed by atoms with Crippen LogP contribution in [0.2, 0.25) is 0 Å². The van der Waals surface area contributed by atoms with E-state index in [1.165, 1.54) is 0 Å². The quantitative estimate of drug-likeness (QED) is 0.363. The summed E-state index contributed by atoms with van der Waals surface area (Å²) in [7, 11) is 0. The van der Waals surface area contributed by atoms with Gasteiger partial charge in [0.05, 0.1) is 6.20 Å². The summed E-state index contributed by atoms with van der Waals surface area (Å²) < 4.78 is 0.611. The van der Waals surface area contributed by atoms with Gasteiger partial charge in [-0.25, -0.2) is 4.79 Å². The van der Waals surface area contributed by atoms with E-state index in [4.69, 9.17) is 10.9 Å². The van der Waals surface area contributed by atoms with Gasteiger partial charge in [-0.15, -0.1) is 0 Å². The number of H-pyrrole nitrogens is 1. The van der Waals surface area contributed by atoms with Crippen LogP contribution in [0, 0.1) is 0 Å². The first-order chi connectivity index (χ1) is 3.72. The second-order valence-corrected chi connectivity index (χ2v) is 1.32.